The summed E-state index contributed by atoms with van der Waals surface area (Å²) in [4.78, 5) is 48.4. The SMILES string of the molecule is CC[C@]12C=CCN(C)C(=O)[C@H]1[C@H]1C(=O)N([C@H](CO)c3ccccc3)C3C(=O)N(C4CCCCC4)CC=C[C@@]31O2. The molecule has 0 bridgehead atoms. The third-order valence-corrected chi connectivity index (χ3v) is 9.82. The van der Waals surface area contributed by atoms with Gasteiger partial charge in [0.05, 0.1) is 30.1 Å². The summed E-state index contributed by atoms with van der Waals surface area (Å²) in [5, 5.41) is 10.7. The molecule has 1 aromatic carbocycles. The first kappa shape index (κ1) is 26.3. The van der Waals surface area contributed by atoms with Gasteiger partial charge in [0.2, 0.25) is 17.7 Å². The van der Waals surface area contributed by atoms with E-state index >= 15 is 0 Å². The average Bonchev–Trinajstić information content (AvgIpc) is 3.26. The number of aliphatic hydroxyl groups excluding tert-OH is 1. The Labute approximate surface area is 230 Å². The molecule has 1 aromatic rings. The third-order valence-electron chi connectivity index (χ3n) is 9.82. The van der Waals surface area contributed by atoms with E-state index in [1.807, 2.05) is 66.5 Å². The first-order chi connectivity index (χ1) is 18.9. The number of carbonyl (C=O) groups is 3. The van der Waals surface area contributed by atoms with Crippen LogP contribution in [0.15, 0.2) is 54.6 Å². The predicted molar refractivity (Wildman–Crippen MR) is 145 cm³/mol. The Morgan fingerprint density at radius 1 is 0.949 bits per heavy atom. The molecule has 4 aliphatic heterocycles. The van der Waals surface area contributed by atoms with Gasteiger partial charge in [-0.05, 0) is 24.8 Å². The van der Waals surface area contributed by atoms with Crippen LogP contribution in [0.5, 0.6) is 0 Å². The van der Waals surface area contributed by atoms with Crippen LogP contribution in [0.3, 0.4) is 0 Å². The van der Waals surface area contributed by atoms with E-state index in [0.717, 1.165) is 31.2 Å². The van der Waals surface area contributed by atoms with Gasteiger partial charge in [0.15, 0.2) is 0 Å². The molecule has 208 valence electrons. The Kier molecular flexibility index (Phi) is 6.66. The van der Waals surface area contributed by atoms with Crippen molar-refractivity contribution in [3.63, 3.8) is 0 Å². The number of rotatable bonds is 5. The van der Waals surface area contributed by atoms with E-state index in [9.17, 15) is 19.5 Å². The zero-order chi connectivity index (χ0) is 27.4. The van der Waals surface area contributed by atoms with Crippen molar-refractivity contribution in [1.82, 2.24) is 14.7 Å². The lowest BCUT2D eigenvalue weighted by Gasteiger charge is -2.42. The molecule has 4 heterocycles. The molecule has 3 fully saturated rings. The zero-order valence-electron chi connectivity index (χ0n) is 22.9. The number of aliphatic hydroxyl groups is 1. The van der Waals surface area contributed by atoms with Gasteiger partial charge in [0.25, 0.3) is 0 Å². The molecular weight excluding hydrogens is 494 g/mol. The fourth-order valence-electron chi connectivity index (χ4n) is 7.93. The van der Waals surface area contributed by atoms with Crippen LogP contribution in [0.4, 0.5) is 0 Å². The third kappa shape index (κ3) is 3.82. The Bertz CT molecular complexity index is 1190. The summed E-state index contributed by atoms with van der Waals surface area (Å²) in [5.41, 5.74) is -1.54. The van der Waals surface area contributed by atoms with Gasteiger partial charge >= 0.3 is 0 Å². The maximum absolute atomic E-state index is 14.7. The molecular formula is C31H39N3O5. The normalized spacial score (nSPS) is 35.5. The minimum Gasteiger partial charge on any atom is -0.394 e. The largest absolute Gasteiger partial charge is 0.394 e. The molecule has 5 aliphatic rings. The van der Waals surface area contributed by atoms with E-state index < -0.39 is 35.1 Å². The number of likely N-dealkylation sites (tertiary alicyclic amines) is 1. The molecule has 1 spiro atoms. The summed E-state index contributed by atoms with van der Waals surface area (Å²) in [7, 11) is 1.75. The van der Waals surface area contributed by atoms with Crippen molar-refractivity contribution in [3.05, 3.63) is 60.2 Å². The maximum Gasteiger partial charge on any atom is 0.249 e. The van der Waals surface area contributed by atoms with Crippen LogP contribution in [-0.2, 0) is 19.1 Å². The molecule has 3 amide bonds. The number of hydrogen-bond acceptors (Lipinski definition) is 5. The molecule has 2 saturated heterocycles. The number of nitrogens with zero attached hydrogens (tertiary/aromatic N) is 3. The summed E-state index contributed by atoms with van der Waals surface area (Å²) in [6.07, 6.45) is 13.5. The van der Waals surface area contributed by atoms with Crippen molar-refractivity contribution in [2.75, 3.05) is 26.7 Å². The van der Waals surface area contributed by atoms with E-state index in [1.54, 1.807) is 16.8 Å². The summed E-state index contributed by atoms with van der Waals surface area (Å²) in [6.45, 7) is 2.52. The lowest BCUT2D eigenvalue weighted by molar-refractivity contribution is -0.158. The lowest BCUT2D eigenvalue weighted by atomic mass is 9.73. The van der Waals surface area contributed by atoms with Gasteiger partial charge in [-0.15, -0.1) is 0 Å². The number of fused-ring (bicyclic) bond motifs is 2. The molecule has 8 heteroatoms. The lowest BCUT2D eigenvalue weighted by Crippen LogP contribution is -2.58. The van der Waals surface area contributed by atoms with Crippen molar-refractivity contribution in [2.45, 2.75) is 74.8 Å². The fourth-order valence-corrected chi connectivity index (χ4v) is 7.93. The second-order valence-corrected chi connectivity index (χ2v) is 11.8. The molecule has 1 saturated carbocycles. The molecule has 1 aliphatic carbocycles. The van der Waals surface area contributed by atoms with Crippen LogP contribution in [0.1, 0.15) is 57.1 Å². The highest BCUT2D eigenvalue weighted by atomic mass is 16.5. The molecule has 1 N–H and O–H groups in total. The van der Waals surface area contributed by atoms with Gasteiger partial charge in [0, 0.05) is 26.2 Å². The molecule has 6 atom stereocenters. The average molecular weight is 534 g/mol. The highest BCUT2D eigenvalue weighted by molar-refractivity contribution is 6.00. The number of ether oxygens (including phenoxy) is 1. The zero-order valence-corrected chi connectivity index (χ0v) is 22.9. The molecule has 0 radical (unpaired) electrons. The van der Waals surface area contributed by atoms with Gasteiger partial charge in [-0.25, -0.2) is 0 Å². The number of benzene rings is 1. The summed E-state index contributed by atoms with van der Waals surface area (Å²) >= 11 is 0. The Morgan fingerprint density at radius 3 is 2.36 bits per heavy atom. The molecule has 0 aromatic heterocycles. The van der Waals surface area contributed by atoms with Gasteiger partial charge in [-0.2, -0.15) is 0 Å². The number of amides is 3. The van der Waals surface area contributed by atoms with Gasteiger partial charge < -0.3 is 24.5 Å². The maximum atomic E-state index is 14.7. The second-order valence-electron chi connectivity index (χ2n) is 11.8. The van der Waals surface area contributed by atoms with E-state index in [1.165, 1.54) is 6.42 Å². The first-order valence-corrected chi connectivity index (χ1v) is 14.5. The topological polar surface area (TPSA) is 90.4 Å². The number of hydrogen-bond donors (Lipinski definition) is 1. The van der Waals surface area contributed by atoms with Crippen LogP contribution in [0, 0.1) is 11.8 Å². The first-order valence-electron chi connectivity index (χ1n) is 14.5. The van der Waals surface area contributed by atoms with E-state index in [0.29, 0.717) is 19.5 Å². The van der Waals surface area contributed by atoms with Crippen molar-refractivity contribution < 1.29 is 24.2 Å². The van der Waals surface area contributed by atoms with Crippen LogP contribution in [0.2, 0.25) is 0 Å². The number of carbonyl (C=O) groups excluding carboxylic acids is 3. The minimum atomic E-state index is -1.31. The van der Waals surface area contributed by atoms with E-state index in [2.05, 4.69) is 0 Å². The van der Waals surface area contributed by atoms with Crippen LogP contribution >= 0.6 is 0 Å². The van der Waals surface area contributed by atoms with Crippen LogP contribution in [-0.4, -0.2) is 87.6 Å². The van der Waals surface area contributed by atoms with E-state index in [4.69, 9.17) is 4.74 Å². The smallest absolute Gasteiger partial charge is 0.249 e. The standard InChI is InChI=1S/C31H39N3O5/c1-3-30-16-10-18-32(2)27(36)24(30)25-28(37)34(23(20-35)21-12-6-4-7-13-21)26-29(38)33(22-14-8-5-9-15-22)19-11-17-31(25,26)39-30/h4,6-7,10-13,16-17,22-26,35H,3,5,8-9,14-15,18-20H2,1-2H3/t23-,24-,25+,26?,30+,31+/m1/s1. The second kappa shape index (κ2) is 9.89. The van der Waals surface area contributed by atoms with Gasteiger partial charge in [-0.1, -0.05) is 80.8 Å². The summed E-state index contributed by atoms with van der Waals surface area (Å²) in [6, 6.07) is 7.75. The monoisotopic (exact) mass is 533 g/mol. The van der Waals surface area contributed by atoms with Crippen LogP contribution in [0.25, 0.3) is 0 Å². The van der Waals surface area contributed by atoms with E-state index in [-0.39, 0.29) is 30.4 Å². The molecule has 8 nitrogen and oxygen atoms in total. The Balaban J connectivity index is 1.53. The van der Waals surface area contributed by atoms with Crippen molar-refractivity contribution >= 4 is 17.7 Å². The van der Waals surface area contributed by atoms with Gasteiger partial charge in [-0.3, -0.25) is 14.4 Å². The van der Waals surface area contributed by atoms with Crippen molar-refractivity contribution in [3.8, 4) is 0 Å². The fraction of sp³-hybridized carbons (Fsp3) is 0.581. The number of likely N-dealkylation sites (N-methyl/N-ethyl adjacent to an activating group) is 1. The predicted octanol–water partition coefficient (Wildman–Crippen LogP) is 2.84. The highest BCUT2D eigenvalue weighted by Crippen LogP contribution is 2.59. The molecule has 6 rings (SSSR count). The summed E-state index contributed by atoms with van der Waals surface area (Å²) in [5.74, 6) is -2.23. The molecule has 39 heavy (non-hydrogen) atoms. The van der Waals surface area contributed by atoms with Crippen molar-refractivity contribution in [2.24, 2.45) is 11.8 Å². The highest BCUT2D eigenvalue weighted by Gasteiger charge is 2.76. The minimum absolute atomic E-state index is 0.103. The quantitative estimate of drug-likeness (QED) is 0.588. The Hall–Kier alpha value is -2.97. The summed E-state index contributed by atoms with van der Waals surface area (Å²) < 4.78 is 7.02. The van der Waals surface area contributed by atoms with Crippen LogP contribution < -0.4 is 0 Å². The Morgan fingerprint density at radius 2 is 1.67 bits per heavy atom. The molecule has 1 unspecified atom stereocenters. The van der Waals surface area contributed by atoms with Gasteiger partial charge in [0.1, 0.15) is 11.6 Å². The van der Waals surface area contributed by atoms with Crippen molar-refractivity contribution in [1.29, 1.82) is 0 Å².